The SMILES string of the molecule is CCCCOc1cc(OCCCC)c(C(C)C)cc1-c1nnc(O)n1-c1ccc2[nH]ccc2c1. The number of aromatic hydroxyl groups is 1. The molecule has 0 aliphatic carbocycles. The van der Waals surface area contributed by atoms with Crippen LogP contribution in [0.2, 0.25) is 0 Å². The second-order valence-corrected chi connectivity index (χ2v) is 8.85. The maximum Gasteiger partial charge on any atom is 0.319 e. The van der Waals surface area contributed by atoms with E-state index in [1.165, 1.54) is 0 Å². The molecule has 7 nitrogen and oxygen atoms in total. The monoisotopic (exact) mass is 462 g/mol. The standard InChI is InChI=1S/C27H34N4O3/c1-5-7-13-33-24-17-25(34-14-8-6-2)22(16-21(24)18(3)4)26-29-30-27(32)31(26)20-9-10-23-19(15-20)11-12-28-23/h9-12,15-18,28H,5-8,13-14H2,1-4H3,(H,30,32). The molecule has 7 heteroatoms. The highest BCUT2D eigenvalue weighted by Gasteiger charge is 2.23. The fourth-order valence-corrected chi connectivity index (χ4v) is 3.97. The molecule has 0 bridgehead atoms. The molecule has 2 aromatic heterocycles. The van der Waals surface area contributed by atoms with E-state index in [9.17, 15) is 5.11 Å². The number of benzene rings is 2. The number of hydrogen-bond acceptors (Lipinski definition) is 5. The number of nitrogens with one attached hydrogen (secondary N) is 1. The van der Waals surface area contributed by atoms with Crippen molar-refractivity contribution in [3.05, 3.63) is 48.2 Å². The average Bonchev–Trinajstić information content (AvgIpc) is 3.45. The largest absolute Gasteiger partial charge is 0.493 e. The van der Waals surface area contributed by atoms with Crippen LogP contribution in [0.4, 0.5) is 0 Å². The average molecular weight is 463 g/mol. The minimum atomic E-state index is -0.168. The molecule has 180 valence electrons. The number of aromatic amines is 1. The van der Waals surface area contributed by atoms with Crippen molar-refractivity contribution in [1.82, 2.24) is 19.7 Å². The topological polar surface area (TPSA) is 85.2 Å². The molecular formula is C27H34N4O3. The predicted molar refractivity (Wildman–Crippen MR) is 135 cm³/mol. The van der Waals surface area contributed by atoms with Crippen molar-refractivity contribution in [3.8, 4) is 34.6 Å². The van der Waals surface area contributed by atoms with E-state index >= 15 is 0 Å². The third-order valence-electron chi connectivity index (χ3n) is 5.93. The first-order valence-electron chi connectivity index (χ1n) is 12.2. The second kappa shape index (κ2) is 10.6. The first-order valence-corrected chi connectivity index (χ1v) is 12.2. The molecular weight excluding hydrogens is 428 g/mol. The van der Waals surface area contributed by atoms with Gasteiger partial charge in [0.05, 0.1) is 24.5 Å². The summed E-state index contributed by atoms with van der Waals surface area (Å²) in [5, 5.41) is 20.1. The summed E-state index contributed by atoms with van der Waals surface area (Å²) in [7, 11) is 0. The van der Waals surface area contributed by atoms with Gasteiger partial charge in [-0.05, 0) is 54.7 Å². The highest BCUT2D eigenvalue weighted by atomic mass is 16.5. The zero-order valence-corrected chi connectivity index (χ0v) is 20.5. The van der Waals surface area contributed by atoms with Crippen LogP contribution in [-0.4, -0.2) is 38.1 Å². The maximum atomic E-state index is 10.7. The van der Waals surface area contributed by atoms with Gasteiger partial charge in [0.15, 0.2) is 5.82 Å². The van der Waals surface area contributed by atoms with Crippen LogP contribution in [0.1, 0.15) is 64.9 Å². The summed E-state index contributed by atoms with van der Waals surface area (Å²) in [6, 6.07) is 11.8. The van der Waals surface area contributed by atoms with Crippen LogP contribution in [0, 0.1) is 0 Å². The lowest BCUT2D eigenvalue weighted by Crippen LogP contribution is -2.06. The summed E-state index contributed by atoms with van der Waals surface area (Å²) in [4.78, 5) is 3.20. The Morgan fingerprint density at radius 1 is 0.941 bits per heavy atom. The number of nitrogens with zero attached hydrogens (tertiary/aromatic N) is 3. The van der Waals surface area contributed by atoms with Gasteiger partial charge in [0.1, 0.15) is 11.5 Å². The summed E-state index contributed by atoms with van der Waals surface area (Å²) in [5.74, 6) is 2.28. The quantitative estimate of drug-likeness (QED) is 0.245. The first kappa shape index (κ1) is 23.7. The van der Waals surface area contributed by atoms with E-state index in [1.807, 2.05) is 36.5 Å². The first-order chi connectivity index (χ1) is 16.5. The highest BCUT2D eigenvalue weighted by molar-refractivity contribution is 5.82. The van der Waals surface area contributed by atoms with Gasteiger partial charge in [-0.3, -0.25) is 0 Å². The molecule has 2 heterocycles. The lowest BCUT2D eigenvalue weighted by Gasteiger charge is -2.19. The molecule has 0 amide bonds. The smallest absolute Gasteiger partial charge is 0.319 e. The second-order valence-electron chi connectivity index (χ2n) is 8.85. The number of rotatable bonds is 11. The normalized spacial score (nSPS) is 11.4. The van der Waals surface area contributed by atoms with Crippen molar-refractivity contribution in [2.75, 3.05) is 13.2 Å². The van der Waals surface area contributed by atoms with Gasteiger partial charge in [-0.1, -0.05) is 45.6 Å². The Morgan fingerprint density at radius 2 is 1.68 bits per heavy atom. The van der Waals surface area contributed by atoms with Gasteiger partial charge < -0.3 is 19.6 Å². The van der Waals surface area contributed by atoms with Gasteiger partial charge in [-0.15, -0.1) is 5.10 Å². The van der Waals surface area contributed by atoms with E-state index in [4.69, 9.17) is 9.47 Å². The van der Waals surface area contributed by atoms with Gasteiger partial charge in [0, 0.05) is 23.2 Å². The molecule has 0 fully saturated rings. The number of hydrogen-bond donors (Lipinski definition) is 2. The lowest BCUT2D eigenvalue weighted by atomic mass is 9.98. The lowest BCUT2D eigenvalue weighted by molar-refractivity contribution is 0.292. The summed E-state index contributed by atoms with van der Waals surface area (Å²) in [6.07, 6.45) is 5.94. The van der Waals surface area contributed by atoms with Crippen molar-refractivity contribution in [3.63, 3.8) is 0 Å². The third kappa shape index (κ3) is 4.88. The maximum absolute atomic E-state index is 10.7. The van der Waals surface area contributed by atoms with Crippen LogP contribution >= 0.6 is 0 Å². The molecule has 0 aliphatic rings. The summed E-state index contributed by atoms with van der Waals surface area (Å²) < 4.78 is 14.0. The minimum absolute atomic E-state index is 0.168. The molecule has 0 saturated heterocycles. The van der Waals surface area contributed by atoms with Crippen LogP contribution in [-0.2, 0) is 0 Å². The zero-order valence-electron chi connectivity index (χ0n) is 20.5. The zero-order chi connectivity index (χ0) is 24.1. The molecule has 0 saturated carbocycles. The number of fused-ring (bicyclic) bond motifs is 1. The molecule has 0 unspecified atom stereocenters. The fourth-order valence-electron chi connectivity index (χ4n) is 3.97. The molecule has 0 spiro atoms. The van der Waals surface area contributed by atoms with Gasteiger partial charge in [0.2, 0.25) is 0 Å². The Balaban J connectivity index is 1.84. The van der Waals surface area contributed by atoms with E-state index < -0.39 is 0 Å². The van der Waals surface area contributed by atoms with Crippen LogP contribution in [0.25, 0.3) is 28.0 Å². The van der Waals surface area contributed by atoms with E-state index in [2.05, 4.69) is 48.9 Å². The Hall–Kier alpha value is -3.48. The molecule has 4 aromatic rings. The Morgan fingerprint density at radius 3 is 2.38 bits per heavy atom. The van der Waals surface area contributed by atoms with Crippen molar-refractivity contribution in [2.24, 2.45) is 0 Å². The van der Waals surface area contributed by atoms with E-state index in [1.54, 1.807) is 4.57 Å². The number of H-pyrrole nitrogens is 1. The van der Waals surface area contributed by atoms with Crippen molar-refractivity contribution >= 4 is 10.9 Å². The van der Waals surface area contributed by atoms with Gasteiger partial charge in [-0.25, -0.2) is 4.57 Å². The van der Waals surface area contributed by atoms with Crippen molar-refractivity contribution in [1.29, 1.82) is 0 Å². The predicted octanol–water partition coefficient (Wildman–Crippen LogP) is 6.60. The highest BCUT2D eigenvalue weighted by Crippen LogP contribution is 2.40. The van der Waals surface area contributed by atoms with Crippen molar-refractivity contribution in [2.45, 2.75) is 59.3 Å². The third-order valence-corrected chi connectivity index (χ3v) is 5.93. The molecule has 34 heavy (non-hydrogen) atoms. The van der Waals surface area contributed by atoms with E-state index in [0.29, 0.717) is 24.8 Å². The van der Waals surface area contributed by atoms with Gasteiger partial charge in [0.25, 0.3) is 0 Å². The minimum Gasteiger partial charge on any atom is -0.493 e. The van der Waals surface area contributed by atoms with Crippen molar-refractivity contribution < 1.29 is 14.6 Å². The van der Waals surface area contributed by atoms with Gasteiger partial charge in [-0.2, -0.15) is 0 Å². The Kier molecular flexibility index (Phi) is 7.40. The van der Waals surface area contributed by atoms with Gasteiger partial charge >= 0.3 is 6.01 Å². The number of aromatic nitrogens is 4. The van der Waals surface area contributed by atoms with Crippen LogP contribution in [0.3, 0.4) is 0 Å². The summed E-state index contributed by atoms with van der Waals surface area (Å²) in [6.45, 7) is 9.83. The number of ether oxygens (including phenoxy) is 2. The van der Waals surface area contributed by atoms with E-state index in [-0.39, 0.29) is 11.9 Å². The molecule has 2 aromatic carbocycles. The van der Waals surface area contributed by atoms with Crippen LogP contribution in [0.15, 0.2) is 42.6 Å². The fraction of sp³-hybridized carbons (Fsp3) is 0.407. The van der Waals surface area contributed by atoms with Crippen LogP contribution < -0.4 is 9.47 Å². The molecule has 0 aliphatic heterocycles. The molecule has 4 rings (SSSR count). The number of unbranched alkanes of at least 4 members (excludes halogenated alkanes) is 2. The van der Waals surface area contributed by atoms with E-state index in [0.717, 1.165) is 59.2 Å². The van der Waals surface area contributed by atoms with Crippen LogP contribution in [0.5, 0.6) is 17.5 Å². The molecule has 0 atom stereocenters. The molecule has 0 radical (unpaired) electrons. The summed E-state index contributed by atoms with van der Waals surface area (Å²) in [5.41, 5.74) is 3.66. The Bertz CT molecular complexity index is 1240. The summed E-state index contributed by atoms with van der Waals surface area (Å²) >= 11 is 0. The Labute approximate surface area is 200 Å². The molecule has 2 N–H and O–H groups in total.